The molecule has 0 aliphatic carbocycles. The van der Waals surface area contributed by atoms with E-state index in [1.54, 1.807) is 28.8 Å². The van der Waals surface area contributed by atoms with Crippen molar-refractivity contribution in [2.24, 2.45) is 0 Å². The van der Waals surface area contributed by atoms with Crippen molar-refractivity contribution in [3.8, 4) is 17.2 Å². The Morgan fingerprint density at radius 1 is 1.00 bits per heavy atom. The highest BCUT2D eigenvalue weighted by Gasteiger charge is 2.42. The summed E-state index contributed by atoms with van der Waals surface area (Å²) in [6.45, 7) is 2.77. The van der Waals surface area contributed by atoms with Gasteiger partial charge in [0, 0.05) is 17.9 Å². The molecule has 0 saturated carbocycles. The molecule has 1 aliphatic heterocycles. The van der Waals surface area contributed by atoms with E-state index in [-0.39, 0.29) is 17.2 Å². The second kappa shape index (κ2) is 12.6. The Bertz CT molecular complexity index is 944. The molecule has 184 valence electrons. The predicted octanol–water partition coefficient (Wildman–Crippen LogP) is 4.67. The van der Waals surface area contributed by atoms with Crippen molar-refractivity contribution in [2.75, 3.05) is 33.6 Å². The van der Waals surface area contributed by atoms with Crippen LogP contribution in [0.3, 0.4) is 0 Å². The monoisotopic (exact) mass is 486 g/mol. The number of carbonyl (C=O) groups is 2. The molecule has 2 unspecified atom stereocenters. The average Bonchev–Trinajstić information content (AvgIpc) is 3.32. The summed E-state index contributed by atoms with van der Waals surface area (Å²) in [5, 5.41) is 2.77. The third-order valence-electron chi connectivity index (χ3n) is 5.86. The van der Waals surface area contributed by atoms with Crippen LogP contribution < -0.4 is 19.5 Å². The molecule has 1 saturated heterocycles. The van der Waals surface area contributed by atoms with E-state index in [0.717, 1.165) is 31.2 Å². The summed E-state index contributed by atoms with van der Waals surface area (Å²) in [4.78, 5) is 28.7. The van der Waals surface area contributed by atoms with Crippen LogP contribution in [0.1, 0.15) is 53.9 Å². The number of unbranched alkanes of at least 4 members (excludes halogenated alkanes) is 3. The molecule has 3 rings (SSSR count). The highest BCUT2D eigenvalue weighted by atomic mass is 32.2. The second-order valence-corrected chi connectivity index (χ2v) is 9.20. The van der Waals surface area contributed by atoms with Gasteiger partial charge in [0.15, 0.2) is 11.5 Å². The fourth-order valence-corrected chi connectivity index (χ4v) is 5.50. The Morgan fingerprint density at radius 2 is 1.68 bits per heavy atom. The lowest BCUT2D eigenvalue weighted by atomic mass is 10.1. The Kier molecular flexibility index (Phi) is 9.51. The third-order valence-corrected chi connectivity index (χ3v) is 7.19. The first-order chi connectivity index (χ1) is 16.5. The Morgan fingerprint density at radius 3 is 2.26 bits per heavy atom. The van der Waals surface area contributed by atoms with Crippen molar-refractivity contribution in [3.63, 3.8) is 0 Å². The summed E-state index contributed by atoms with van der Waals surface area (Å²) in [7, 11) is 4.54. The molecule has 1 heterocycles. The van der Waals surface area contributed by atoms with Crippen molar-refractivity contribution in [1.82, 2.24) is 10.2 Å². The zero-order valence-electron chi connectivity index (χ0n) is 20.3. The Hall–Kier alpha value is -2.87. The van der Waals surface area contributed by atoms with Crippen molar-refractivity contribution in [2.45, 2.75) is 44.0 Å². The number of rotatable bonds is 11. The minimum atomic E-state index is -0.576. The first-order valence-electron chi connectivity index (χ1n) is 11.6. The number of amides is 2. The maximum absolute atomic E-state index is 13.9. The van der Waals surface area contributed by atoms with Gasteiger partial charge in [-0.15, -0.1) is 11.8 Å². The molecule has 2 amide bonds. The van der Waals surface area contributed by atoms with E-state index in [9.17, 15) is 9.59 Å². The van der Waals surface area contributed by atoms with Gasteiger partial charge < -0.3 is 24.4 Å². The quantitative estimate of drug-likeness (QED) is 0.466. The maximum Gasteiger partial charge on any atom is 0.256 e. The van der Waals surface area contributed by atoms with Gasteiger partial charge in [0.05, 0.1) is 21.3 Å². The van der Waals surface area contributed by atoms with Crippen LogP contribution >= 0.6 is 11.8 Å². The number of thioether (sulfide) groups is 1. The van der Waals surface area contributed by atoms with Gasteiger partial charge in [-0.2, -0.15) is 0 Å². The van der Waals surface area contributed by atoms with Gasteiger partial charge in [0.1, 0.15) is 11.4 Å². The van der Waals surface area contributed by atoms with Gasteiger partial charge in [-0.05, 0) is 24.1 Å². The van der Waals surface area contributed by atoms with Gasteiger partial charge in [-0.3, -0.25) is 9.59 Å². The number of carbonyl (C=O) groups excluding carboxylic acids is 2. The molecule has 8 heteroatoms. The maximum atomic E-state index is 13.9. The Balaban J connectivity index is 1.91. The zero-order valence-corrected chi connectivity index (χ0v) is 21.2. The largest absolute Gasteiger partial charge is 0.493 e. The molecule has 2 aromatic carbocycles. The van der Waals surface area contributed by atoms with Crippen LogP contribution in [0.2, 0.25) is 0 Å². The van der Waals surface area contributed by atoms with Crippen molar-refractivity contribution >= 4 is 23.6 Å². The smallest absolute Gasteiger partial charge is 0.256 e. The van der Waals surface area contributed by atoms with Crippen molar-refractivity contribution in [3.05, 3.63) is 53.6 Å². The number of methoxy groups -OCH3 is 3. The molecule has 34 heavy (non-hydrogen) atoms. The molecule has 0 radical (unpaired) electrons. The molecule has 2 aromatic rings. The topological polar surface area (TPSA) is 77.1 Å². The summed E-state index contributed by atoms with van der Waals surface area (Å²) in [6.07, 6.45) is 4.30. The van der Waals surface area contributed by atoms with Gasteiger partial charge >= 0.3 is 0 Å². The average molecular weight is 487 g/mol. The number of hydrogen-bond acceptors (Lipinski definition) is 6. The summed E-state index contributed by atoms with van der Waals surface area (Å²) in [5.41, 5.74) is 1.35. The first-order valence-corrected chi connectivity index (χ1v) is 12.7. The van der Waals surface area contributed by atoms with Gasteiger partial charge in [-0.25, -0.2) is 0 Å². The van der Waals surface area contributed by atoms with Gasteiger partial charge in [0.25, 0.3) is 5.91 Å². The molecule has 0 aromatic heterocycles. The van der Waals surface area contributed by atoms with E-state index in [0.29, 0.717) is 35.1 Å². The van der Waals surface area contributed by atoms with E-state index in [4.69, 9.17) is 14.2 Å². The van der Waals surface area contributed by atoms with Crippen LogP contribution in [-0.2, 0) is 4.79 Å². The van der Waals surface area contributed by atoms with Crippen LogP contribution in [0.5, 0.6) is 17.2 Å². The number of ether oxygens (including phenoxy) is 3. The number of hydrogen-bond donors (Lipinski definition) is 1. The van der Waals surface area contributed by atoms with Crippen LogP contribution in [-0.4, -0.2) is 56.4 Å². The molecular weight excluding hydrogens is 452 g/mol. The lowest BCUT2D eigenvalue weighted by Crippen LogP contribution is -2.48. The minimum absolute atomic E-state index is 0.122. The second-order valence-electron chi connectivity index (χ2n) is 8.09. The van der Waals surface area contributed by atoms with E-state index < -0.39 is 6.04 Å². The normalized spacial score (nSPS) is 17.4. The summed E-state index contributed by atoms with van der Waals surface area (Å²) in [6, 6.07) is 12.5. The van der Waals surface area contributed by atoms with E-state index in [1.807, 2.05) is 30.3 Å². The molecule has 0 bridgehead atoms. The van der Waals surface area contributed by atoms with Crippen molar-refractivity contribution in [1.29, 1.82) is 0 Å². The molecule has 0 spiro atoms. The molecule has 1 aliphatic rings. The van der Waals surface area contributed by atoms with Crippen LogP contribution in [0.25, 0.3) is 0 Å². The SMILES string of the molecule is CCCCCCNC(=O)C1CSC(c2ccccc2)N1C(=O)c1cc(OC)c(OC)c(OC)c1. The fourth-order valence-electron chi connectivity index (χ4n) is 4.07. The zero-order chi connectivity index (χ0) is 24.5. The van der Waals surface area contributed by atoms with E-state index in [1.165, 1.54) is 21.3 Å². The number of benzene rings is 2. The summed E-state index contributed by atoms with van der Waals surface area (Å²) in [5.74, 6) is 1.34. The minimum Gasteiger partial charge on any atom is -0.493 e. The van der Waals surface area contributed by atoms with Gasteiger partial charge in [-0.1, -0.05) is 56.5 Å². The highest BCUT2D eigenvalue weighted by Crippen LogP contribution is 2.44. The van der Waals surface area contributed by atoms with Crippen LogP contribution in [0, 0.1) is 0 Å². The number of nitrogens with one attached hydrogen (secondary N) is 1. The molecule has 1 N–H and O–H groups in total. The van der Waals surface area contributed by atoms with Crippen molar-refractivity contribution < 1.29 is 23.8 Å². The molecule has 1 fully saturated rings. The predicted molar refractivity (Wildman–Crippen MR) is 135 cm³/mol. The van der Waals surface area contributed by atoms with Crippen LogP contribution in [0.4, 0.5) is 0 Å². The molecular formula is C26H34N2O5S. The Labute approximate surface area is 206 Å². The standard InChI is InChI=1S/C26H34N2O5S/c1-5-6-7-11-14-27-24(29)20-17-34-26(18-12-9-8-10-13-18)28(20)25(30)19-15-21(31-2)23(33-4)22(16-19)32-3/h8-10,12-13,15-16,20,26H,5-7,11,14,17H2,1-4H3,(H,27,29). The fraction of sp³-hybridized carbons (Fsp3) is 0.462. The van der Waals surface area contributed by atoms with Crippen LogP contribution in [0.15, 0.2) is 42.5 Å². The summed E-state index contributed by atoms with van der Waals surface area (Å²) < 4.78 is 16.3. The molecule has 7 nitrogen and oxygen atoms in total. The lowest BCUT2D eigenvalue weighted by molar-refractivity contribution is -0.124. The van der Waals surface area contributed by atoms with E-state index in [2.05, 4.69) is 12.2 Å². The molecule has 2 atom stereocenters. The summed E-state index contributed by atoms with van der Waals surface area (Å²) >= 11 is 1.59. The highest BCUT2D eigenvalue weighted by molar-refractivity contribution is 7.99. The third kappa shape index (κ3) is 5.78. The van der Waals surface area contributed by atoms with E-state index >= 15 is 0 Å². The first kappa shape index (κ1) is 25.7. The number of nitrogens with zero attached hydrogens (tertiary/aromatic N) is 1. The lowest BCUT2D eigenvalue weighted by Gasteiger charge is -2.29. The van der Waals surface area contributed by atoms with Gasteiger partial charge in [0.2, 0.25) is 11.7 Å².